The average molecular weight is 341 g/mol. The summed E-state index contributed by atoms with van der Waals surface area (Å²) in [6.45, 7) is 4.85. The van der Waals surface area contributed by atoms with Crippen LogP contribution in [0.1, 0.15) is 43.9 Å². The summed E-state index contributed by atoms with van der Waals surface area (Å²) in [5, 5.41) is 6.76. The lowest BCUT2D eigenvalue weighted by molar-refractivity contribution is 0.609. The molecule has 0 bridgehead atoms. The maximum absolute atomic E-state index is 13.3. The summed E-state index contributed by atoms with van der Waals surface area (Å²) in [7, 11) is 0. The Kier molecular flexibility index (Phi) is 6.40. The molecule has 0 saturated heterocycles. The highest BCUT2D eigenvalue weighted by Gasteiger charge is 2.16. The van der Waals surface area contributed by atoms with Gasteiger partial charge in [0, 0.05) is 18.8 Å². The first-order chi connectivity index (χ1) is 12.3. The Bertz CT molecular complexity index is 682. The SMILES string of the molecule is CCNCCNc1cc(-c2ccc(F)cc2)c2c(n1)CCCCCC2. The van der Waals surface area contributed by atoms with Crippen LogP contribution >= 0.6 is 0 Å². The molecule has 0 spiro atoms. The zero-order chi connectivity index (χ0) is 17.5. The molecule has 3 nitrogen and oxygen atoms in total. The first-order valence-electron chi connectivity index (χ1n) is 9.51. The Morgan fingerprint density at radius 2 is 1.76 bits per heavy atom. The van der Waals surface area contributed by atoms with Crippen LogP contribution in [0.4, 0.5) is 10.2 Å². The lowest BCUT2D eigenvalue weighted by Crippen LogP contribution is -2.22. The van der Waals surface area contributed by atoms with E-state index < -0.39 is 0 Å². The predicted molar refractivity (Wildman–Crippen MR) is 103 cm³/mol. The Labute approximate surface area is 150 Å². The summed E-state index contributed by atoms with van der Waals surface area (Å²) >= 11 is 0. The van der Waals surface area contributed by atoms with Crippen molar-refractivity contribution in [3.8, 4) is 11.1 Å². The van der Waals surface area contributed by atoms with Gasteiger partial charge in [-0.3, -0.25) is 0 Å². The van der Waals surface area contributed by atoms with E-state index in [0.717, 1.165) is 43.9 Å². The van der Waals surface area contributed by atoms with Crippen molar-refractivity contribution < 1.29 is 4.39 Å². The van der Waals surface area contributed by atoms with E-state index in [9.17, 15) is 4.39 Å². The molecule has 1 aliphatic rings. The van der Waals surface area contributed by atoms with E-state index in [4.69, 9.17) is 4.98 Å². The number of rotatable bonds is 6. The van der Waals surface area contributed by atoms with Gasteiger partial charge in [0.25, 0.3) is 0 Å². The van der Waals surface area contributed by atoms with Crippen molar-refractivity contribution in [1.82, 2.24) is 10.3 Å². The first-order valence-corrected chi connectivity index (χ1v) is 9.51. The molecular weight excluding hydrogens is 313 g/mol. The number of hydrogen-bond donors (Lipinski definition) is 2. The smallest absolute Gasteiger partial charge is 0.126 e. The molecule has 3 rings (SSSR count). The number of pyridine rings is 1. The number of hydrogen-bond acceptors (Lipinski definition) is 3. The lowest BCUT2D eigenvalue weighted by Gasteiger charge is -2.19. The largest absolute Gasteiger partial charge is 0.369 e. The molecule has 2 N–H and O–H groups in total. The summed E-state index contributed by atoms with van der Waals surface area (Å²) in [6.07, 6.45) is 7.06. The highest BCUT2D eigenvalue weighted by atomic mass is 19.1. The standard InChI is InChI=1S/C21H28FN3/c1-2-23-13-14-24-21-15-19(16-9-11-17(22)12-10-16)18-7-5-3-4-6-8-20(18)25-21/h9-12,15,23H,2-8,13-14H2,1H3,(H,24,25). The normalized spacial score (nSPS) is 14.5. The van der Waals surface area contributed by atoms with Gasteiger partial charge in [0.05, 0.1) is 0 Å². The fraction of sp³-hybridized carbons (Fsp3) is 0.476. The number of benzene rings is 1. The molecule has 4 heteroatoms. The van der Waals surface area contributed by atoms with E-state index >= 15 is 0 Å². The van der Waals surface area contributed by atoms with Crippen molar-refractivity contribution in [2.45, 2.75) is 45.4 Å². The molecule has 1 heterocycles. The highest BCUT2D eigenvalue weighted by molar-refractivity contribution is 5.71. The van der Waals surface area contributed by atoms with E-state index in [0.29, 0.717) is 0 Å². The van der Waals surface area contributed by atoms with Gasteiger partial charge in [0.15, 0.2) is 0 Å². The van der Waals surface area contributed by atoms with Gasteiger partial charge in [-0.15, -0.1) is 0 Å². The lowest BCUT2D eigenvalue weighted by atomic mass is 9.90. The van der Waals surface area contributed by atoms with Crippen LogP contribution in [0, 0.1) is 5.82 Å². The van der Waals surface area contributed by atoms with Crippen molar-refractivity contribution in [1.29, 1.82) is 0 Å². The fourth-order valence-electron chi connectivity index (χ4n) is 3.49. The van der Waals surface area contributed by atoms with E-state index in [2.05, 4.69) is 23.6 Å². The van der Waals surface area contributed by atoms with Crippen LogP contribution in [0.2, 0.25) is 0 Å². The Morgan fingerprint density at radius 1 is 1.00 bits per heavy atom. The molecule has 0 aliphatic heterocycles. The van der Waals surface area contributed by atoms with Gasteiger partial charge in [-0.1, -0.05) is 31.9 Å². The van der Waals surface area contributed by atoms with Gasteiger partial charge in [0.1, 0.15) is 11.6 Å². The molecule has 2 aromatic rings. The molecule has 0 radical (unpaired) electrons. The average Bonchev–Trinajstić information content (AvgIpc) is 2.60. The number of anilines is 1. The molecule has 0 amide bonds. The van der Waals surface area contributed by atoms with Gasteiger partial charge >= 0.3 is 0 Å². The summed E-state index contributed by atoms with van der Waals surface area (Å²) < 4.78 is 13.3. The predicted octanol–water partition coefficient (Wildman–Crippen LogP) is 4.57. The zero-order valence-electron chi connectivity index (χ0n) is 15.1. The summed E-state index contributed by atoms with van der Waals surface area (Å²) in [5.74, 6) is 0.737. The first kappa shape index (κ1) is 17.9. The Morgan fingerprint density at radius 3 is 2.52 bits per heavy atom. The minimum absolute atomic E-state index is 0.190. The van der Waals surface area contributed by atoms with Gasteiger partial charge in [-0.2, -0.15) is 0 Å². The Balaban J connectivity index is 1.94. The third kappa shape index (κ3) is 4.79. The summed E-state index contributed by atoms with van der Waals surface area (Å²) in [4.78, 5) is 4.90. The third-order valence-electron chi connectivity index (χ3n) is 4.81. The van der Waals surface area contributed by atoms with Crippen LogP contribution in [-0.2, 0) is 12.8 Å². The molecular formula is C21H28FN3. The van der Waals surface area contributed by atoms with Gasteiger partial charge in [-0.25, -0.2) is 9.37 Å². The van der Waals surface area contributed by atoms with Gasteiger partial charge in [-0.05, 0) is 67.1 Å². The summed E-state index contributed by atoms with van der Waals surface area (Å²) in [5.41, 5.74) is 4.85. The molecule has 0 saturated carbocycles. The van der Waals surface area contributed by atoms with Crippen molar-refractivity contribution in [2.75, 3.05) is 25.0 Å². The molecule has 0 atom stereocenters. The second-order valence-corrected chi connectivity index (χ2v) is 6.68. The molecule has 1 aromatic carbocycles. The minimum Gasteiger partial charge on any atom is -0.369 e. The second kappa shape index (κ2) is 8.95. The number of halogens is 1. The maximum atomic E-state index is 13.3. The minimum atomic E-state index is -0.190. The van der Waals surface area contributed by atoms with Crippen molar-refractivity contribution in [2.24, 2.45) is 0 Å². The van der Waals surface area contributed by atoms with Gasteiger partial charge in [0.2, 0.25) is 0 Å². The summed E-state index contributed by atoms with van der Waals surface area (Å²) in [6, 6.07) is 8.99. The molecule has 0 unspecified atom stereocenters. The number of likely N-dealkylation sites (N-methyl/N-ethyl adjacent to an activating group) is 1. The van der Waals surface area contributed by atoms with Crippen LogP contribution in [-0.4, -0.2) is 24.6 Å². The Hall–Kier alpha value is -1.94. The van der Waals surface area contributed by atoms with E-state index in [1.54, 1.807) is 12.1 Å². The maximum Gasteiger partial charge on any atom is 0.126 e. The van der Waals surface area contributed by atoms with Crippen LogP contribution in [0.3, 0.4) is 0 Å². The quantitative estimate of drug-likeness (QED) is 0.756. The molecule has 25 heavy (non-hydrogen) atoms. The van der Waals surface area contributed by atoms with E-state index in [-0.39, 0.29) is 5.82 Å². The van der Waals surface area contributed by atoms with Crippen molar-refractivity contribution >= 4 is 5.82 Å². The monoisotopic (exact) mass is 341 g/mol. The van der Waals surface area contributed by atoms with E-state index in [1.165, 1.54) is 42.5 Å². The van der Waals surface area contributed by atoms with Crippen LogP contribution < -0.4 is 10.6 Å². The fourth-order valence-corrected chi connectivity index (χ4v) is 3.49. The van der Waals surface area contributed by atoms with Crippen LogP contribution in [0.5, 0.6) is 0 Å². The van der Waals surface area contributed by atoms with Crippen LogP contribution in [0.25, 0.3) is 11.1 Å². The molecule has 1 aliphatic carbocycles. The molecule has 134 valence electrons. The van der Waals surface area contributed by atoms with Crippen molar-refractivity contribution in [3.63, 3.8) is 0 Å². The number of aryl methyl sites for hydroxylation is 1. The number of nitrogens with one attached hydrogen (secondary N) is 2. The molecule has 0 fully saturated rings. The van der Waals surface area contributed by atoms with E-state index in [1.807, 2.05) is 12.1 Å². The number of nitrogens with zero attached hydrogens (tertiary/aromatic N) is 1. The second-order valence-electron chi connectivity index (χ2n) is 6.68. The molecule has 1 aromatic heterocycles. The van der Waals surface area contributed by atoms with Crippen molar-refractivity contribution in [3.05, 3.63) is 47.4 Å². The third-order valence-corrected chi connectivity index (χ3v) is 4.81. The number of fused-ring (bicyclic) bond motifs is 1. The highest BCUT2D eigenvalue weighted by Crippen LogP contribution is 2.32. The zero-order valence-corrected chi connectivity index (χ0v) is 15.1. The van der Waals surface area contributed by atoms with Crippen LogP contribution in [0.15, 0.2) is 30.3 Å². The topological polar surface area (TPSA) is 37.0 Å². The van der Waals surface area contributed by atoms with Gasteiger partial charge < -0.3 is 10.6 Å². The number of aromatic nitrogens is 1.